The number of aliphatic hydroxyl groups excluding tert-OH is 1. The lowest BCUT2D eigenvalue weighted by Gasteiger charge is -2.27. The van der Waals surface area contributed by atoms with Crippen molar-refractivity contribution in [3.8, 4) is 0 Å². The Morgan fingerprint density at radius 1 is 0.941 bits per heavy atom. The third kappa shape index (κ3) is 9.97. The Kier molecular flexibility index (Phi) is 10.6. The van der Waals surface area contributed by atoms with Gasteiger partial charge in [0.05, 0.1) is 0 Å². The fourth-order valence-corrected chi connectivity index (χ4v) is 3.42. The van der Waals surface area contributed by atoms with Crippen LogP contribution in [-0.4, -0.2) is 63.2 Å². The van der Waals surface area contributed by atoms with E-state index in [4.69, 9.17) is 10.2 Å². The van der Waals surface area contributed by atoms with Crippen molar-refractivity contribution < 1.29 is 34.5 Å². The van der Waals surface area contributed by atoms with Gasteiger partial charge >= 0.3 is 11.9 Å². The molecule has 0 spiro atoms. The molecule has 10 heteroatoms. The number of carbonyl (C=O) groups is 4. The number of benzene rings is 1. The molecule has 0 saturated carbocycles. The van der Waals surface area contributed by atoms with E-state index in [1.165, 1.54) is 0 Å². The number of aliphatic hydroxyl groups is 1. The molecule has 0 aliphatic carbocycles. The summed E-state index contributed by atoms with van der Waals surface area (Å²) in [5, 5.41) is 34.6. The van der Waals surface area contributed by atoms with Gasteiger partial charge in [0.15, 0.2) is 6.10 Å². The van der Waals surface area contributed by atoms with Gasteiger partial charge in [-0.1, -0.05) is 36.4 Å². The molecule has 0 radical (unpaired) electrons. The Hall–Kier alpha value is -3.50. The number of nitrogens with one attached hydrogen (secondary N) is 3. The van der Waals surface area contributed by atoms with Gasteiger partial charge in [-0.15, -0.1) is 0 Å². The SMILES string of the molecule is CC1(C)C=C(C(=O)NCCCNC(=O)C(O)c2ccccc2)C(C)(C)N1.O=C(O)/C=C/C(=O)O. The summed E-state index contributed by atoms with van der Waals surface area (Å²) in [4.78, 5) is 43.4. The van der Waals surface area contributed by atoms with Gasteiger partial charge in [0, 0.05) is 41.9 Å². The molecule has 2 amide bonds. The molecular weight excluding hydrogens is 442 g/mol. The van der Waals surface area contributed by atoms with Gasteiger partial charge in [0.25, 0.3) is 5.91 Å². The van der Waals surface area contributed by atoms with E-state index >= 15 is 0 Å². The zero-order chi connectivity index (χ0) is 25.9. The lowest BCUT2D eigenvalue weighted by atomic mass is 9.96. The third-order valence-electron chi connectivity index (χ3n) is 4.73. The van der Waals surface area contributed by atoms with E-state index < -0.39 is 23.9 Å². The summed E-state index contributed by atoms with van der Waals surface area (Å²) in [6.45, 7) is 8.87. The van der Waals surface area contributed by atoms with Crippen LogP contribution in [0.5, 0.6) is 0 Å². The molecule has 0 bridgehead atoms. The van der Waals surface area contributed by atoms with Crippen LogP contribution in [0.2, 0.25) is 0 Å². The summed E-state index contributed by atoms with van der Waals surface area (Å²) in [6, 6.07) is 8.79. The molecule has 1 aliphatic heterocycles. The van der Waals surface area contributed by atoms with Crippen LogP contribution in [0.4, 0.5) is 0 Å². The fraction of sp³-hybridized carbons (Fsp3) is 0.417. The second-order valence-electron chi connectivity index (χ2n) is 8.75. The van der Waals surface area contributed by atoms with Crippen molar-refractivity contribution in [2.24, 2.45) is 0 Å². The number of hydrogen-bond donors (Lipinski definition) is 6. The van der Waals surface area contributed by atoms with E-state index in [2.05, 4.69) is 16.0 Å². The minimum atomic E-state index is -1.26. The Bertz CT molecular complexity index is 921. The van der Waals surface area contributed by atoms with Gasteiger partial charge in [-0.05, 0) is 39.7 Å². The Balaban J connectivity index is 0.000000620. The number of amides is 2. The number of carbonyl (C=O) groups excluding carboxylic acids is 2. The van der Waals surface area contributed by atoms with Crippen LogP contribution in [0.25, 0.3) is 0 Å². The first-order chi connectivity index (χ1) is 15.7. The molecule has 2 rings (SSSR count). The summed E-state index contributed by atoms with van der Waals surface area (Å²) >= 11 is 0. The summed E-state index contributed by atoms with van der Waals surface area (Å²) < 4.78 is 0. The third-order valence-corrected chi connectivity index (χ3v) is 4.73. The smallest absolute Gasteiger partial charge is 0.328 e. The average molecular weight is 476 g/mol. The Morgan fingerprint density at radius 3 is 1.94 bits per heavy atom. The van der Waals surface area contributed by atoms with Gasteiger partial charge < -0.3 is 26.0 Å². The van der Waals surface area contributed by atoms with Crippen LogP contribution in [0.15, 0.2) is 54.1 Å². The zero-order valence-electron chi connectivity index (χ0n) is 19.8. The minimum absolute atomic E-state index is 0.0938. The molecule has 0 aromatic heterocycles. The van der Waals surface area contributed by atoms with Gasteiger partial charge in [0.2, 0.25) is 5.91 Å². The van der Waals surface area contributed by atoms with Crippen molar-refractivity contribution in [1.29, 1.82) is 0 Å². The summed E-state index contributed by atoms with van der Waals surface area (Å²) in [5.41, 5.74) is 0.703. The highest BCUT2D eigenvalue weighted by Crippen LogP contribution is 2.29. The number of carboxylic acids is 2. The maximum atomic E-state index is 12.4. The number of aliphatic carboxylic acids is 2. The van der Waals surface area contributed by atoms with Crippen LogP contribution in [0.1, 0.15) is 45.8 Å². The molecule has 34 heavy (non-hydrogen) atoms. The molecule has 1 unspecified atom stereocenters. The van der Waals surface area contributed by atoms with Crippen molar-refractivity contribution in [2.45, 2.75) is 51.3 Å². The van der Waals surface area contributed by atoms with Crippen LogP contribution < -0.4 is 16.0 Å². The summed E-state index contributed by atoms with van der Waals surface area (Å²) in [5.74, 6) is -3.04. The lowest BCUT2D eigenvalue weighted by Crippen LogP contribution is -2.47. The van der Waals surface area contributed by atoms with Crippen molar-refractivity contribution >= 4 is 23.8 Å². The van der Waals surface area contributed by atoms with E-state index in [0.717, 1.165) is 5.57 Å². The molecule has 1 heterocycles. The molecule has 0 saturated heterocycles. The van der Waals surface area contributed by atoms with E-state index in [1.54, 1.807) is 24.3 Å². The van der Waals surface area contributed by atoms with Crippen LogP contribution in [0.3, 0.4) is 0 Å². The molecule has 6 N–H and O–H groups in total. The minimum Gasteiger partial charge on any atom is -0.478 e. The Labute approximate surface area is 198 Å². The molecular formula is C24H33N3O7. The largest absolute Gasteiger partial charge is 0.478 e. The number of rotatable bonds is 9. The van der Waals surface area contributed by atoms with E-state index in [9.17, 15) is 24.3 Å². The second kappa shape index (κ2) is 12.7. The highest BCUT2D eigenvalue weighted by molar-refractivity contribution is 5.96. The quantitative estimate of drug-likeness (QED) is 0.229. The van der Waals surface area contributed by atoms with Crippen molar-refractivity contribution in [3.05, 3.63) is 59.7 Å². The first kappa shape index (κ1) is 28.5. The van der Waals surface area contributed by atoms with Gasteiger partial charge in [-0.2, -0.15) is 0 Å². The van der Waals surface area contributed by atoms with Gasteiger partial charge in [0.1, 0.15) is 0 Å². The molecule has 10 nitrogen and oxygen atoms in total. The molecule has 0 fully saturated rings. The predicted octanol–water partition coefficient (Wildman–Crippen LogP) is 1.14. The maximum absolute atomic E-state index is 12.4. The molecule has 1 atom stereocenters. The number of carboxylic acid groups (broad SMARTS) is 2. The zero-order valence-corrected chi connectivity index (χ0v) is 19.8. The van der Waals surface area contributed by atoms with Crippen molar-refractivity contribution in [1.82, 2.24) is 16.0 Å². The average Bonchev–Trinajstić information content (AvgIpc) is 2.99. The standard InChI is InChI=1S/C20H29N3O3.C4H4O4/c1-19(2)13-15(20(3,4)23-19)17(25)21-11-8-12-22-18(26)16(24)14-9-6-5-7-10-14;5-3(6)1-2-4(7)8/h5-7,9-10,13,16,23-24H,8,11-12H2,1-4H3,(H,21,25)(H,22,26);1-2H,(H,5,6)(H,7,8)/b;2-1+. The van der Waals surface area contributed by atoms with Gasteiger partial charge in [-0.25, -0.2) is 9.59 Å². The monoisotopic (exact) mass is 475 g/mol. The highest BCUT2D eigenvalue weighted by Gasteiger charge is 2.39. The molecule has 186 valence electrons. The normalized spacial score (nSPS) is 16.6. The first-order valence-corrected chi connectivity index (χ1v) is 10.7. The summed E-state index contributed by atoms with van der Waals surface area (Å²) in [7, 11) is 0. The van der Waals surface area contributed by atoms with Crippen LogP contribution >= 0.6 is 0 Å². The predicted molar refractivity (Wildman–Crippen MR) is 126 cm³/mol. The topological polar surface area (TPSA) is 165 Å². The second-order valence-corrected chi connectivity index (χ2v) is 8.75. The first-order valence-electron chi connectivity index (χ1n) is 10.7. The van der Waals surface area contributed by atoms with Crippen molar-refractivity contribution in [3.63, 3.8) is 0 Å². The lowest BCUT2D eigenvalue weighted by molar-refractivity contribution is -0.134. The van der Waals surface area contributed by atoms with Gasteiger partial charge in [-0.3, -0.25) is 14.9 Å². The van der Waals surface area contributed by atoms with E-state index in [-0.39, 0.29) is 17.0 Å². The van der Waals surface area contributed by atoms with E-state index in [0.29, 0.717) is 37.2 Å². The molecule has 1 aromatic carbocycles. The number of hydrogen-bond acceptors (Lipinski definition) is 6. The molecule has 1 aromatic rings. The Morgan fingerprint density at radius 2 is 1.47 bits per heavy atom. The maximum Gasteiger partial charge on any atom is 0.328 e. The van der Waals surface area contributed by atoms with Crippen LogP contribution in [-0.2, 0) is 19.2 Å². The highest BCUT2D eigenvalue weighted by atomic mass is 16.4. The van der Waals surface area contributed by atoms with Crippen LogP contribution in [0, 0.1) is 0 Å². The van der Waals surface area contributed by atoms with E-state index in [1.807, 2.05) is 39.8 Å². The summed E-state index contributed by atoms with van der Waals surface area (Å²) in [6.07, 6.45) is 2.48. The fourth-order valence-electron chi connectivity index (χ4n) is 3.42. The molecule has 1 aliphatic rings. The van der Waals surface area contributed by atoms with Crippen molar-refractivity contribution in [2.75, 3.05) is 13.1 Å².